The van der Waals surface area contributed by atoms with Gasteiger partial charge in [0.2, 0.25) is 5.91 Å². The Bertz CT molecular complexity index is 1660. The second-order valence-electron chi connectivity index (χ2n) is 11.0. The van der Waals surface area contributed by atoms with Crippen LogP contribution in [0.2, 0.25) is 5.02 Å². The second-order valence-corrected chi connectivity index (χ2v) is 11.4. The standard InChI is InChI=1S/C35H33ClFN3O4/c1-2-3-30(22-4-6-24(7-5-22)34(43)39-17-15-32(41)42)33(23-10-12-28(36)13-11-23)35(44)40-20-26-9-8-25(18-27(26)21-40)29-14-16-38-19-31(29)37/h4-14,16,18-19,30,33H,2-3,15,17,20-21H2,1H3,(H,39,43)(H,41,42). The first kappa shape index (κ1) is 30.9. The first-order valence-electron chi connectivity index (χ1n) is 14.6. The maximum atomic E-state index is 14.5. The molecule has 1 aromatic heterocycles. The average Bonchev–Trinajstić information content (AvgIpc) is 3.45. The molecule has 0 spiro atoms. The number of fused-ring (bicyclic) bond motifs is 1. The number of benzene rings is 3. The molecule has 5 rings (SSSR count). The van der Waals surface area contributed by atoms with E-state index < -0.39 is 17.7 Å². The van der Waals surface area contributed by atoms with Crippen LogP contribution in [-0.2, 0) is 22.7 Å². The van der Waals surface area contributed by atoms with Crippen molar-refractivity contribution >= 4 is 29.4 Å². The van der Waals surface area contributed by atoms with E-state index in [1.54, 1.807) is 36.5 Å². The lowest BCUT2D eigenvalue weighted by Gasteiger charge is -2.31. The molecule has 2 N–H and O–H groups in total. The van der Waals surface area contributed by atoms with Crippen LogP contribution in [0, 0.1) is 5.82 Å². The fourth-order valence-electron chi connectivity index (χ4n) is 5.84. The molecule has 2 atom stereocenters. The summed E-state index contributed by atoms with van der Waals surface area (Å²) in [5.74, 6) is -2.43. The molecule has 3 aromatic carbocycles. The Morgan fingerprint density at radius 3 is 2.36 bits per heavy atom. The fourth-order valence-corrected chi connectivity index (χ4v) is 5.97. The van der Waals surface area contributed by atoms with Gasteiger partial charge in [0, 0.05) is 42.0 Å². The van der Waals surface area contributed by atoms with Crippen LogP contribution in [0.15, 0.2) is 85.2 Å². The maximum absolute atomic E-state index is 14.5. The molecule has 0 saturated carbocycles. The molecular weight excluding hydrogens is 581 g/mol. The highest BCUT2D eigenvalue weighted by Gasteiger charge is 2.36. The van der Waals surface area contributed by atoms with E-state index in [-0.39, 0.29) is 30.7 Å². The Labute approximate surface area is 260 Å². The molecule has 1 aliphatic heterocycles. The summed E-state index contributed by atoms with van der Waals surface area (Å²) in [4.78, 5) is 43.5. The van der Waals surface area contributed by atoms with Gasteiger partial charge in [-0.2, -0.15) is 0 Å². The van der Waals surface area contributed by atoms with Crippen molar-refractivity contribution in [2.45, 2.75) is 51.1 Å². The van der Waals surface area contributed by atoms with Gasteiger partial charge < -0.3 is 15.3 Å². The number of carboxylic acid groups (broad SMARTS) is 1. The highest BCUT2D eigenvalue weighted by molar-refractivity contribution is 6.30. The quantitative estimate of drug-likeness (QED) is 0.191. The van der Waals surface area contributed by atoms with Crippen molar-refractivity contribution in [2.24, 2.45) is 0 Å². The number of nitrogens with one attached hydrogen (secondary N) is 1. The summed E-state index contributed by atoms with van der Waals surface area (Å²) in [5, 5.41) is 12.0. The number of amides is 2. The first-order valence-corrected chi connectivity index (χ1v) is 15.0. The summed E-state index contributed by atoms with van der Waals surface area (Å²) in [6.07, 6.45) is 4.16. The zero-order valence-electron chi connectivity index (χ0n) is 24.3. The zero-order chi connectivity index (χ0) is 31.2. The van der Waals surface area contributed by atoms with Gasteiger partial charge in [-0.1, -0.05) is 61.3 Å². The number of aliphatic carboxylic acids is 1. The van der Waals surface area contributed by atoms with Crippen molar-refractivity contribution in [3.63, 3.8) is 0 Å². The molecule has 2 heterocycles. The third kappa shape index (κ3) is 6.97. The number of carbonyl (C=O) groups excluding carboxylic acids is 2. The number of rotatable bonds is 11. The monoisotopic (exact) mass is 613 g/mol. The van der Waals surface area contributed by atoms with Gasteiger partial charge >= 0.3 is 5.97 Å². The van der Waals surface area contributed by atoms with Crippen LogP contribution in [0.5, 0.6) is 0 Å². The molecule has 4 aromatic rings. The third-order valence-corrected chi connectivity index (χ3v) is 8.30. The van der Waals surface area contributed by atoms with Gasteiger partial charge in [0.1, 0.15) is 5.82 Å². The predicted molar refractivity (Wildman–Crippen MR) is 167 cm³/mol. The molecule has 0 bridgehead atoms. The van der Waals surface area contributed by atoms with Crippen molar-refractivity contribution in [3.05, 3.63) is 124 Å². The normalized spacial score (nSPS) is 13.7. The number of carbonyl (C=O) groups is 3. The smallest absolute Gasteiger partial charge is 0.305 e. The summed E-state index contributed by atoms with van der Waals surface area (Å²) in [6.45, 7) is 2.98. The van der Waals surface area contributed by atoms with Crippen LogP contribution in [-0.4, -0.2) is 39.3 Å². The van der Waals surface area contributed by atoms with Crippen molar-refractivity contribution in [1.29, 1.82) is 0 Å². The Morgan fingerprint density at radius 1 is 0.977 bits per heavy atom. The Hall–Kier alpha value is -4.56. The van der Waals surface area contributed by atoms with Crippen molar-refractivity contribution in [3.8, 4) is 11.1 Å². The van der Waals surface area contributed by atoms with Crippen LogP contribution in [0.25, 0.3) is 11.1 Å². The van der Waals surface area contributed by atoms with Gasteiger partial charge in [0.05, 0.1) is 18.5 Å². The van der Waals surface area contributed by atoms with Crippen LogP contribution in [0.3, 0.4) is 0 Å². The largest absolute Gasteiger partial charge is 0.481 e. The average molecular weight is 614 g/mol. The number of hydrogen-bond donors (Lipinski definition) is 2. The second kappa shape index (κ2) is 13.8. The summed E-state index contributed by atoms with van der Waals surface area (Å²) in [7, 11) is 0. The van der Waals surface area contributed by atoms with Gasteiger partial charge in [0.25, 0.3) is 5.91 Å². The summed E-state index contributed by atoms with van der Waals surface area (Å²) in [5.41, 5.74) is 5.40. The Morgan fingerprint density at radius 2 is 1.68 bits per heavy atom. The molecule has 0 fully saturated rings. The van der Waals surface area contributed by atoms with E-state index in [1.807, 2.05) is 47.4 Å². The highest BCUT2D eigenvalue weighted by Crippen LogP contribution is 2.40. The van der Waals surface area contributed by atoms with Crippen molar-refractivity contribution < 1.29 is 23.9 Å². The van der Waals surface area contributed by atoms with Crippen LogP contribution in [0.1, 0.15) is 70.6 Å². The van der Waals surface area contributed by atoms with E-state index >= 15 is 0 Å². The van der Waals surface area contributed by atoms with E-state index in [0.717, 1.165) is 40.7 Å². The van der Waals surface area contributed by atoms with E-state index in [4.69, 9.17) is 16.7 Å². The van der Waals surface area contributed by atoms with Gasteiger partial charge in [-0.05, 0) is 76.6 Å². The van der Waals surface area contributed by atoms with E-state index in [9.17, 15) is 18.8 Å². The van der Waals surface area contributed by atoms with E-state index in [1.165, 1.54) is 6.20 Å². The predicted octanol–water partition coefficient (Wildman–Crippen LogP) is 6.96. The molecule has 0 aliphatic carbocycles. The minimum Gasteiger partial charge on any atom is -0.481 e. The molecule has 226 valence electrons. The molecule has 2 unspecified atom stereocenters. The maximum Gasteiger partial charge on any atom is 0.305 e. The molecule has 9 heteroatoms. The van der Waals surface area contributed by atoms with Gasteiger partial charge in [0.15, 0.2) is 0 Å². The Kier molecular flexibility index (Phi) is 9.70. The number of hydrogen-bond acceptors (Lipinski definition) is 4. The third-order valence-electron chi connectivity index (χ3n) is 8.05. The highest BCUT2D eigenvalue weighted by atomic mass is 35.5. The van der Waals surface area contributed by atoms with E-state index in [2.05, 4.69) is 17.2 Å². The fraction of sp³-hybridized carbons (Fsp3) is 0.257. The molecule has 2 amide bonds. The lowest BCUT2D eigenvalue weighted by molar-refractivity contribution is -0.137. The van der Waals surface area contributed by atoms with Crippen LogP contribution < -0.4 is 5.32 Å². The van der Waals surface area contributed by atoms with Crippen molar-refractivity contribution in [1.82, 2.24) is 15.2 Å². The molecule has 7 nitrogen and oxygen atoms in total. The van der Waals surface area contributed by atoms with Gasteiger partial charge in [-0.3, -0.25) is 19.4 Å². The summed E-state index contributed by atoms with van der Waals surface area (Å²) < 4.78 is 14.4. The first-order chi connectivity index (χ1) is 21.2. The van der Waals surface area contributed by atoms with Gasteiger partial charge in [-0.25, -0.2) is 4.39 Å². The summed E-state index contributed by atoms with van der Waals surface area (Å²) >= 11 is 6.22. The molecule has 1 aliphatic rings. The number of nitrogens with zero attached hydrogens (tertiary/aromatic N) is 2. The minimum atomic E-state index is -0.981. The molecule has 44 heavy (non-hydrogen) atoms. The number of pyridine rings is 1. The lowest BCUT2D eigenvalue weighted by atomic mass is 9.77. The molecule has 0 saturated heterocycles. The van der Waals surface area contributed by atoms with Gasteiger partial charge in [-0.15, -0.1) is 0 Å². The Balaban J connectivity index is 1.42. The number of halogens is 2. The van der Waals surface area contributed by atoms with Crippen molar-refractivity contribution in [2.75, 3.05) is 6.54 Å². The topological polar surface area (TPSA) is 99.6 Å². The summed E-state index contributed by atoms with van der Waals surface area (Å²) in [6, 6.07) is 22.0. The zero-order valence-corrected chi connectivity index (χ0v) is 25.1. The van der Waals surface area contributed by atoms with E-state index in [0.29, 0.717) is 29.2 Å². The van der Waals surface area contributed by atoms with Crippen LogP contribution >= 0.6 is 11.6 Å². The minimum absolute atomic E-state index is 0.0193. The van der Waals surface area contributed by atoms with Crippen LogP contribution in [0.4, 0.5) is 4.39 Å². The number of aromatic nitrogens is 1. The number of carboxylic acids is 1. The molecule has 0 radical (unpaired) electrons. The SMILES string of the molecule is CCCC(c1ccc(C(=O)NCCC(=O)O)cc1)C(C(=O)N1Cc2ccc(-c3ccncc3F)cc2C1)c1ccc(Cl)cc1. The lowest BCUT2D eigenvalue weighted by Crippen LogP contribution is -2.34. The molecular formula is C35H33ClFN3O4.